The molecule has 86 valence electrons. The molecule has 16 heavy (non-hydrogen) atoms. The molecule has 0 aliphatic heterocycles. The highest BCUT2D eigenvalue weighted by atomic mass is 19.1. The van der Waals surface area contributed by atoms with E-state index < -0.39 is 6.67 Å². The number of hydrogen-bond donors (Lipinski definition) is 0. The third-order valence-corrected chi connectivity index (χ3v) is 1.69. The Kier molecular flexibility index (Phi) is 5.70. The van der Waals surface area contributed by atoms with Gasteiger partial charge >= 0.3 is 0 Å². The molecule has 0 N–H and O–H groups in total. The Bertz CT molecular complexity index is 335. The number of alkyl halides is 1. The molecular formula is C12H14FNO2. The molecule has 0 aromatic heterocycles. The minimum Gasteiger partial charge on any atom is -0.490 e. The zero-order chi connectivity index (χ0) is 11.6. The molecule has 0 fully saturated rings. The predicted molar refractivity (Wildman–Crippen MR) is 61.7 cm³/mol. The Balaban J connectivity index is 2.44. The van der Waals surface area contributed by atoms with Crippen LogP contribution < -0.4 is 4.74 Å². The summed E-state index contributed by atoms with van der Waals surface area (Å²) in [5.74, 6) is 0.765. The fourth-order valence-corrected chi connectivity index (χ4v) is 0.991. The van der Waals surface area contributed by atoms with Crippen molar-refractivity contribution in [1.29, 1.82) is 0 Å². The van der Waals surface area contributed by atoms with Crippen molar-refractivity contribution in [2.75, 3.05) is 19.9 Å². The molecule has 0 unspecified atom stereocenters. The molecule has 1 aromatic rings. The van der Waals surface area contributed by atoms with Crippen molar-refractivity contribution in [2.24, 2.45) is 5.16 Å². The van der Waals surface area contributed by atoms with Gasteiger partial charge in [-0.05, 0) is 29.8 Å². The summed E-state index contributed by atoms with van der Waals surface area (Å²) >= 11 is 0. The summed E-state index contributed by atoms with van der Waals surface area (Å²) in [6.45, 7) is 3.48. The third-order valence-electron chi connectivity index (χ3n) is 1.69. The molecule has 0 aliphatic rings. The number of oxime groups is 1. The van der Waals surface area contributed by atoms with Gasteiger partial charge in [-0.15, -0.1) is 0 Å². The highest BCUT2D eigenvalue weighted by molar-refractivity contribution is 5.79. The number of ether oxygens (including phenoxy) is 1. The van der Waals surface area contributed by atoms with Crippen molar-refractivity contribution in [3.8, 4) is 5.75 Å². The average Bonchev–Trinajstić information content (AvgIpc) is 2.33. The Hall–Kier alpha value is -1.84. The van der Waals surface area contributed by atoms with Crippen LogP contribution in [0.1, 0.15) is 5.56 Å². The van der Waals surface area contributed by atoms with Crippen molar-refractivity contribution in [2.45, 2.75) is 0 Å². The van der Waals surface area contributed by atoms with E-state index in [1.807, 2.05) is 24.3 Å². The highest BCUT2D eigenvalue weighted by Crippen LogP contribution is 2.10. The van der Waals surface area contributed by atoms with Crippen molar-refractivity contribution < 1.29 is 14.0 Å². The van der Waals surface area contributed by atoms with Crippen LogP contribution in [0.4, 0.5) is 4.39 Å². The van der Waals surface area contributed by atoms with Crippen LogP contribution in [0.3, 0.4) is 0 Å². The first-order chi connectivity index (χ1) is 7.86. The van der Waals surface area contributed by atoms with E-state index in [2.05, 4.69) is 16.6 Å². The van der Waals surface area contributed by atoms with E-state index in [1.54, 1.807) is 6.08 Å². The van der Waals surface area contributed by atoms with Gasteiger partial charge in [0.2, 0.25) is 0 Å². The van der Waals surface area contributed by atoms with Crippen LogP contribution in [0.2, 0.25) is 0 Å². The minimum absolute atomic E-state index is 0.0168. The first-order valence-corrected chi connectivity index (χ1v) is 4.92. The van der Waals surface area contributed by atoms with E-state index in [0.717, 1.165) is 11.3 Å². The molecule has 3 nitrogen and oxygen atoms in total. The zero-order valence-electron chi connectivity index (χ0n) is 8.93. The number of halogens is 1. The summed E-state index contributed by atoms with van der Waals surface area (Å²) in [5, 5.41) is 3.60. The van der Waals surface area contributed by atoms with E-state index in [4.69, 9.17) is 4.74 Å². The van der Waals surface area contributed by atoms with E-state index >= 15 is 0 Å². The number of hydrogen-bond acceptors (Lipinski definition) is 3. The molecule has 0 aliphatic carbocycles. The standard InChI is InChI=1S/C12H14FNO2/c1-2-8-15-12-5-3-11(4-6-12)10-14-16-9-7-13/h2-6,10H,1,7-9H2. The van der Waals surface area contributed by atoms with Gasteiger partial charge in [0.1, 0.15) is 25.6 Å². The van der Waals surface area contributed by atoms with Gasteiger partial charge in [-0.25, -0.2) is 4.39 Å². The van der Waals surface area contributed by atoms with Crippen LogP contribution in [0.15, 0.2) is 42.1 Å². The molecule has 1 aromatic carbocycles. The molecule has 0 saturated carbocycles. The molecule has 0 radical (unpaired) electrons. The molecule has 4 heteroatoms. The first kappa shape index (κ1) is 12.2. The largest absolute Gasteiger partial charge is 0.490 e. The van der Waals surface area contributed by atoms with Gasteiger partial charge in [-0.3, -0.25) is 0 Å². The quantitative estimate of drug-likeness (QED) is 0.308. The maximum Gasteiger partial charge on any atom is 0.145 e. The molecule has 0 atom stereocenters. The van der Waals surface area contributed by atoms with Gasteiger partial charge in [0.25, 0.3) is 0 Å². The summed E-state index contributed by atoms with van der Waals surface area (Å²) in [5.41, 5.74) is 0.866. The van der Waals surface area contributed by atoms with Gasteiger partial charge < -0.3 is 9.57 Å². The third kappa shape index (κ3) is 4.59. The normalized spacial score (nSPS) is 10.3. The van der Waals surface area contributed by atoms with Crippen molar-refractivity contribution in [1.82, 2.24) is 0 Å². The highest BCUT2D eigenvalue weighted by Gasteiger charge is 1.92. The SMILES string of the molecule is C=CCOc1ccc(C=NOCCF)cc1. The maximum absolute atomic E-state index is 11.7. The summed E-state index contributed by atoms with van der Waals surface area (Å²) in [4.78, 5) is 4.63. The van der Waals surface area contributed by atoms with E-state index in [0.29, 0.717) is 6.61 Å². The van der Waals surface area contributed by atoms with E-state index in [-0.39, 0.29) is 6.61 Å². The van der Waals surface area contributed by atoms with Crippen LogP contribution in [-0.4, -0.2) is 26.1 Å². The average molecular weight is 223 g/mol. The fraction of sp³-hybridized carbons (Fsp3) is 0.250. The Morgan fingerprint density at radius 3 is 2.69 bits per heavy atom. The number of rotatable bonds is 7. The lowest BCUT2D eigenvalue weighted by Gasteiger charge is -2.02. The van der Waals surface area contributed by atoms with Crippen molar-refractivity contribution >= 4 is 6.21 Å². The Morgan fingerprint density at radius 2 is 2.06 bits per heavy atom. The molecule has 1 rings (SSSR count). The Morgan fingerprint density at radius 1 is 1.31 bits per heavy atom. The zero-order valence-corrected chi connectivity index (χ0v) is 8.93. The lowest BCUT2D eigenvalue weighted by atomic mass is 10.2. The first-order valence-electron chi connectivity index (χ1n) is 4.92. The van der Waals surface area contributed by atoms with Gasteiger partial charge in [0.15, 0.2) is 0 Å². The Labute approximate surface area is 94.2 Å². The van der Waals surface area contributed by atoms with Gasteiger partial charge in [0, 0.05) is 0 Å². The summed E-state index contributed by atoms with van der Waals surface area (Å²) in [6, 6.07) is 7.31. The van der Waals surface area contributed by atoms with Crippen molar-refractivity contribution in [3.05, 3.63) is 42.5 Å². The fourth-order valence-electron chi connectivity index (χ4n) is 0.991. The summed E-state index contributed by atoms with van der Waals surface area (Å²) in [7, 11) is 0. The van der Waals surface area contributed by atoms with Gasteiger partial charge in [0.05, 0.1) is 6.21 Å². The molecule has 0 heterocycles. The van der Waals surface area contributed by atoms with Crippen molar-refractivity contribution in [3.63, 3.8) is 0 Å². The van der Waals surface area contributed by atoms with Crippen LogP contribution in [0.25, 0.3) is 0 Å². The van der Waals surface area contributed by atoms with Crippen LogP contribution >= 0.6 is 0 Å². The van der Waals surface area contributed by atoms with Gasteiger partial charge in [-0.1, -0.05) is 17.8 Å². The van der Waals surface area contributed by atoms with E-state index in [9.17, 15) is 4.39 Å². The number of nitrogens with zero attached hydrogens (tertiary/aromatic N) is 1. The van der Waals surface area contributed by atoms with Gasteiger partial charge in [-0.2, -0.15) is 0 Å². The monoisotopic (exact) mass is 223 g/mol. The molecule has 0 spiro atoms. The summed E-state index contributed by atoms with van der Waals surface area (Å²) in [6.07, 6.45) is 3.20. The molecule has 0 saturated heterocycles. The summed E-state index contributed by atoms with van der Waals surface area (Å²) < 4.78 is 17.0. The topological polar surface area (TPSA) is 30.8 Å². The molecular weight excluding hydrogens is 209 g/mol. The second kappa shape index (κ2) is 7.45. The van der Waals surface area contributed by atoms with Crippen LogP contribution in [0.5, 0.6) is 5.75 Å². The maximum atomic E-state index is 11.7. The lowest BCUT2D eigenvalue weighted by molar-refractivity contribution is 0.129. The minimum atomic E-state index is -0.536. The molecule has 0 amide bonds. The smallest absolute Gasteiger partial charge is 0.145 e. The van der Waals surface area contributed by atoms with Crippen LogP contribution in [0, 0.1) is 0 Å². The predicted octanol–water partition coefficient (Wildman–Crippen LogP) is 2.57. The number of benzene rings is 1. The van der Waals surface area contributed by atoms with E-state index in [1.165, 1.54) is 6.21 Å². The van der Waals surface area contributed by atoms with Crippen LogP contribution in [-0.2, 0) is 4.84 Å². The second-order valence-corrected chi connectivity index (χ2v) is 2.93. The lowest BCUT2D eigenvalue weighted by Crippen LogP contribution is -1.93. The molecule has 0 bridgehead atoms. The second-order valence-electron chi connectivity index (χ2n) is 2.93.